The first-order chi connectivity index (χ1) is 12.7. The standard InChI is InChI=1S/C19H16N2O4S/c1-24-15-9-7-14(8-10-15)20-19-21-16(12-26-19)18(23)25-11-17(22)13-5-3-2-4-6-13/h2-10,12H,11H2,1H3,(H,20,21). The average Bonchev–Trinajstić information content (AvgIpc) is 3.15. The molecule has 0 radical (unpaired) electrons. The van der Waals surface area contributed by atoms with Crippen molar-refractivity contribution in [2.24, 2.45) is 0 Å². The predicted molar refractivity (Wildman–Crippen MR) is 99.4 cm³/mol. The third-order valence-electron chi connectivity index (χ3n) is 3.48. The van der Waals surface area contributed by atoms with E-state index in [1.54, 1.807) is 36.8 Å². The fraction of sp³-hybridized carbons (Fsp3) is 0.105. The van der Waals surface area contributed by atoms with Crippen molar-refractivity contribution < 1.29 is 19.1 Å². The Hall–Kier alpha value is -3.19. The average molecular weight is 368 g/mol. The van der Waals surface area contributed by atoms with Crippen LogP contribution >= 0.6 is 11.3 Å². The molecule has 1 aromatic heterocycles. The number of nitrogens with zero attached hydrogens (tertiary/aromatic N) is 1. The van der Waals surface area contributed by atoms with Gasteiger partial charge in [-0.25, -0.2) is 9.78 Å². The first kappa shape index (κ1) is 17.6. The van der Waals surface area contributed by atoms with Gasteiger partial charge in [-0.05, 0) is 24.3 Å². The molecule has 1 heterocycles. The van der Waals surface area contributed by atoms with Crippen molar-refractivity contribution in [3.8, 4) is 5.75 Å². The lowest BCUT2D eigenvalue weighted by Gasteiger charge is -2.04. The summed E-state index contributed by atoms with van der Waals surface area (Å²) in [6.45, 7) is -0.318. The number of thiazole rings is 1. The Balaban J connectivity index is 1.56. The van der Waals surface area contributed by atoms with Crippen LogP contribution in [-0.2, 0) is 4.74 Å². The van der Waals surface area contributed by atoms with Crippen LogP contribution in [0.15, 0.2) is 60.0 Å². The molecule has 3 aromatic rings. The van der Waals surface area contributed by atoms with Crippen molar-refractivity contribution in [2.45, 2.75) is 0 Å². The zero-order valence-corrected chi connectivity index (χ0v) is 14.8. The maximum Gasteiger partial charge on any atom is 0.358 e. The summed E-state index contributed by atoms with van der Waals surface area (Å²) in [7, 11) is 1.60. The summed E-state index contributed by atoms with van der Waals surface area (Å²) in [5.74, 6) is -0.138. The highest BCUT2D eigenvalue weighted by atomic mass is 32.1. The van der Waals surface area contributed by atoms with Gasteiger partial charge < -0.3 is 14.8 Å². The summed E-state index contributed by atoms with van der Waals surface area (Å²) < 4.78 is 10.2. The summed E-state index contributed by atoms with van der Waals surface area (Å²) in [5.41, 5.74) is 1.48. The van der Waals surface area contributed by atoms with Gasteiger partial charge in [-0.1, -0.05) is 30.3 Å². The molecule has 0 bridgehead atoms. The third-order valence-corrected chi connectivity index (χ3v) is 4.24. The topological polar surface area (TPSA) is 77.5 Å². The Bertz CT molecular complexity index is 891. The van der Waals surface area contributed by atoms with E-state index in [1.165, 1.54) is 11.3 Å². The summed E-state index contributed by atoms with van der Waals surface area (Å²) >= 11 is 1.27. The van der Waals surface area contributed by atoms with E-state index in [9.17, 15) is 9.59 Å². The van der Waals surface area contributed by atoms with E-state index in [4.69, 9.17) is 9.47 Å². The van der Waals surface area contributed by atoms with Crippen LogP contribution in [0.3, 0.4) is 0 Å². The number of ketones is 1. The zero-order valence-electron chi connectivity index (χ0n) is 14.0. The van der Waals surface area contributed by atoms with E-state index in [0.717, 1.165) is 11.4 Å². The van der Waals surface area contributed by atoms with Gasteiger partial charge in [0.25, 0.3) is 0 Å². The lowest BCUT2D eigenvalue weighted by molar-refractivity contribution is 0.0470. The number of hydrogen-bond acceptors (Lipinski definition) is 7. The Labute approximate surface area is 154 Å². The number of carbonyl (C=O) groups excluding carboxylic acids is 2. The van der Waals surface area contributed by atoms with Crippen LogP contribution < -0.4 is 10.1 Å². The monoisotopic (exact) mass is 368 g/mol. The molecule has 0 saturated heterocycles. The number of methoxy groups -OCH3 is 1. The first-order valence-corrected chi connectivity index (χ1v) is 8.65. The summed E-state index contributed by atoms with van der Waals surface area (Å²) in [4.78, 5) is 28.2. The molecule has 0 aliphatic heterocycles. The molecular weight excluding hydrogens is 352 g/mol. The second kappa shape index (κ2) is 8.26. The number of Topliss-reactive ketones (excluding diaryl/α,β-unsaturated/α-hetero) is 1. The number of aromatic nitrogens is 1. The molecule has 0 saturated carbocycles. The highest BCUT2D eigenvalue weighted by molar-refractivity contribution is 7.14. The SMILES string of the molecule is COc1ccc(Nc2nc(C(=O)OCC(=O)c3ccccc3)cs2)cc1. The van der Waals surface area contributed by atoms with Gasteiger partial charge in [0.2, 0.25) is 0 Å². The van der Waals surface area contributed by atoms with Crippen LogP contribution in [0.4, 0.5) is 10.8 Å². The quantitative estimate of drug-likeness (QED) is 0.503. The predicted octanol–water partition coefficient (Wildman–Crippen LogP) is 3.94. The summed E-state index contributed by atoms with van der Waals surface area (Å²) in [6, 6.07) is 16.0. The normalized spacial score (nSPS) is 10.2. The van der Waals surface area contributed by atoms with Crippen LogP contribution in [0.25, 0.3) is 0 Å². The number of esters is 1. The zero-order chi connectivity index (χ0) is 18.4. The minimum Gasteiger partial charge on any atom is -0.497 e. The van der Waals surface area contributed by atoms with Gasteiger partial charge in [-0.2, -0.15) is 0 Å². The Morgan fingerprint density at radius 2 is 1.81 bits per heavy atom. The molecule has 1 N–H and O–H groups in total. The molecule has 132 valence electrons. The van der Waals surface area contributed by atoms with Gasteiger partial charge in [0.1, 0.15) is 5.75 Å². The molecule has 0 aliphatic carbocycles. The van der Waals surface area contributed by atoms with Crippen molar-refractivity contribution >= 4 is 33.9 Å². The molecular formula is C19H16N2O4S. The van der Waals surface area contributed by atoms with Crippen LogP contribution in [0.2, 0.25) is 0 Å². The molecule has 26 heavy (non-hydrogen) atoms. The minimum absolute atomic E-state index is 0.159. The molecule has 3 rings (SSSR count). The van der Waals surface area contributed by atoms with Gasteiger partial charge in [0, 0.05) is 16.6 Å². The van der Waals surface area contributed by atoms with Gasteiger partial charge in [0.15, 0.2) is 23.2 Å². The molecule has 0 unspecified atom stereocenters. The third kappa shape index (κ3) is 4.46. The van der Waals surface area contributed by atoms with E-state index in [-0.39, 0.29) is 18.1 Å². The number of ether oxygens (including phenoxy) is 2. The molecule has 0 atom stereocenters. The maximum atomic E-state index is 12.1. The molecule has 7 heteroatoms. The lowest BCUT2D eigenvalue weighted by Crippen LogP contribution is -2.14. The minimum atomic E-state index is -0.631. The Morgan fingerprint density at radius 1 is 1.08 bits per heavy atom. The fourth-order valence-electron chi connectivity index (χ4n) is 2.14. The van der Waals surface area contributed by atoms with Crippen molar-refractivity contribution in [1.82, 2.24) is 4.98 Å². The number of carbonyl (C=O) groups is 2. The second-order valence-electron chi connectivity index (χ2n) is 5.26. The smallest absolute Gasteiger partial charge is 0.358 e. The van der Waals surface area contributed by atoms with Crippen molar-refractivity contribution in [2.75, 3.05) is 19.0 Å². The lowest BCUT2D eigenvalue weighted by atomic mass is 10.1. The van der Waals surface area contributed by atoms with Crippen LogP contribution in [0.5, 0.6) is 5.75 Å². The summed E-state index contributed by atoms with van der Waals surface area (Å²) in [6.07, 6.45) is 0. The van der Waals surface area contributed by atoms with E-state index in [0.29, 0.717) is 10.7 Å². The summed E-state index contributed by atoms with van der Waals surface area (Å²) in [5, 5.41) is 5.24. The molecule has 2 aromatic carbocycles. The number of hydrogen-bond donors (Lipinski definition) is 1. The molecule has 6 nitrogen and oxygen atoms in total. The van der Waals surface area contributed by atoms with E-state index >= 15 is 0 Å². The maximum absolute atomic E-state index is 12.1. The van der Waals surface area contributed by atoms with Crippen molar-refractivity contribution in [3.05, 3.63) is 71.2 Å². The molecule has 0 spiro atoms. The van der Waals surface area contributed by atoms with Crippen molar-refractivity contribution in [3.63, 3.8) is 0 Å². The van der Waals surface area contributed by atoms with Gasteiger partial charge in [-0.15, -0.1) is 11.3 Å². The largest absolute Gasteiger partial charge is 0.497 e. The Kier molecular flexibility index (Phi) is 5.60. The van der Waals surface area contributed by atoms with Crippen LogP contribution in [0, 0.1) is 0 Å². The molecule has 0 aliphatic rings. The second-order valence-corrected chi connectivity index (χ2v) is 6.11. The van der Waals surface area contributed by atoms with E-state index in [1.807, 2.05) is 30.3 Å². The van der Waals surface area contributed by atoms with Gasteiger partial charge in [-0.3, -0.25) is 4.79 Å². The first-order valence-electron chi connectivity index (χ1n) is 7.77. The van der Waals surface area contributed by atoms with Crippen molar-refractivity contribution in [1.29, 1.82) is 0 Å². The highest BCUT2D eigenvalue weighted by Gasteiger charge is 2.15. The van der Waals surface area contributed by atoms with E-state index < -0.39 is 5.97 Å². The van der Waals surface area contributed by atoms with Gasteiger partial charge in [0.05, 0.1) is 7.11 Å². The number of anilines is 2. The highest BCUT2D eigenvalue weighted by Crippen LogP contribution is 2.23. The molecule has 0 fully saturated rings. The van der Waals surface area contributed by atoms with Gasteiger partial charge >= 0.3 is 5.97 Å². The number of nitrogens with one attached hydrogen (secondary N) is 1. The molecule has 0 amide bonds. The Morgan fingerprint density at radius 3 is 2.50 bits per heavy atom. The number of benzene rings is 2. The van der Waals surface area contributed by atoms with E-state index in [2.05, 4.69) is 10.3 Å². The number of rotatable bonds is 7. The fourth-order valence-corrected chi connectivity index (χ4v) is 2.84. The van der Waals surface area contributed by atoms with Crippen LogP contribution in [-0.4, -0.2) is 30.5 Å². The van der Waals surface area contributed by atoms with Crippen LogP contribution in [0.1, 0.15) is 20.8 Å².